The number of benzene rings is 3. The molecule has 1 aliphatic heterocycles. The van der Waals surface area contributed by atoms with Crippen molar-refractivity contribution in [3.05, 3.63) is 100 Å². The fraction of sp³-hybridized carbons (Fsp3) is 0.355. The molecule has 0 aliphatic carbocycles. The summed E-state index contributed by atoms with van der Waals surface area (Å²) in [6, 6.07) is 14.2. The molecular weight excluding hydrogens is 530 g/mol. The van der Waals surface area contributed by atoms with Crippen molar-refractivity contribution in [2.75, 3.05) is 32.7 Å². The first-order valence-electron chi connectivity index (χ1n) is 13.8. The number of aryl methyl sites for hydroxylation is 1. The Kier molecular flexibility index (Phi) is 10.4. The number of rotatable bonds is 11. The Morgan fingerprint density at radius 3 is 2.39 bits per heavy atom. The molecule has 218 valence electrons. The van der Waals surface area contributed by atoms with E-state index in [4.69, 9.17) is 0 Å². The van der Waals surface area contributed by atoms with Crippen molar-refractivity contribution in [2.24, 2.45) is 0 Å². The number of phenols is 1. The number of hydrogen-bond donors (Lipinski definition) is 5. The molecule has 1 aliphatic rings. The number of carbonyl (C=O) groups is 2. The number of piperazine rings is 1. The smallest absolute Gasteiger partial charge is 0.257 e. The van der Waals surface area contributed by atoms with Crippen LogP contribution in [0.1, 0.15) is 44.3 Å². The third kappa shape index (κ3) is 8.32. The van der Waals surface area contributed by atoms with Crippen LogP contribution in [0.5, 0.6) is 5.75 Å². The summed E-state index contributed by atoms with van der Waals surface area (Å²) >= 11 is 0. The minimum absolute atomic E-state index is 0.000161. The number of nitrogens with zero attached hydrogens (tertiary/aromatic N) is 1. The second kappa shape index (κ2) is 14.2. The van der Waals surface area contributed by atoms with Crippen molar-refractivity contribution in [3.8, 4) is 5.75 Å². The summed E-state index contributed by atoms with van der Waals surface area (Å²) in [5, 5.41) is 30.5. The van der Waals surface area contributed by atoms with Gasteiger partial charge in [-0.15, -0.1) is 0 Å². The Morgan fingerprint density at radius 1 is 0.976 bits per heavy atom. The van der Waals surface area contributed by atoms with Crippen molar-refractivity contribution >= 4 is 11.8 Å². The maximum absolute atomic E-state index is 13.9. The maximum Gasteiger partial charge on any atom is 0.257 e. The highest BCUT2D eigenvalue weighted by atomic mass is 19.1. The molecule has 0 radical (unpaired) electrons. The van der Waals surface area contributed by atoms with E-state index in [1.54, 1.807) is 4.90 Å². The number of phenolic OH excluding ortho intramolecular Hbond substituents is 1. The zero-order chi connectivity index (χ0) is 29.4. The monoisotopic (exact) mass is 566 g/mol. The van der Waals surface area contributed by atoms with E-state index in [0.717, 1.165) is 30.2 Å². The van der Waals surface area contributed by atoms with Crippen molar-refractivity contribution < 1.29 is 28.6 Å². The molecule has 8 nitrogen and oxygen atoms in total. The van der Waals surface area contributed by atoms with Crippen LogP contribution in [0, 0.1) is 11.6 Å². The predicted molar refractivity (Wildman–Crippen MR) is 152 cm³/mol. The van der Waals surface area contributed by atoms with Crippen LogP contribution in [-0.2, 0) is 19.4 Å². The van der Waals surface area contributed by atoms with Crippen LogP contribution < -0.4 is 16.0 Å². The van der Waals surface area contributed by atoms with Crippen LogP contribution >= 0.6 is 0 Å². The maximum atomic E-state index is 13.9. The van der Waals surface area contributed by atoms with Crippen LogP contribution in [0.3, 0.4) is 0 Å². The predicted octanol–water partition coefficient (Wildman–Crippen LogP) is 2.77. The zero-order valence-electron chi connectivity index (χ0n) is 23.0. The molecule has 5 N–H and O–H groups in total. The van der Waals surface area contributed by atoms with Crippen LogP contribution in [-0.4, -0.2) is 71.8 Å². The molecule has 3 aromatic carbocycles. The summed E-state index contributed by atoms with van der Waals surface area (Å²) in [6.45, 7) is 4.86. The molecule has 3 aromatic rings. The van der Waals surface area contributed by atoms with Crippen LogP contribution in [0.15, 0.2) is 60.7 Å². The third-order valence-corrected chi connectivity index (χ3v) is 7.13. The van der Waals surface area contributed by atoms with Gasteiger partial charge in [-0.2, -0.15) is 0 Å². The average molecular weight is 567 g/mol. The van der Waals surface area contributed by atoms with Crippen molar-refractivity contribution in [1.29, 1.82) is 0 Å². The molecule has 41 heavy (non-hydrogen) atoms. The van der Waals surface area contributed by atoms with Gasteiger partial charge < -0.3 is 31.1 Å². The van der Waals surface area contributed by atoms with Crippen LogP contribution in [0.25, 0.3) is 0 Å². The number of halogens is 2. The summed E-state index contributed by atoms with van der Waals surface area (Å²) in [7, 11) is 0. The first-order chi connectivity index (χ1) is 19.7. The van der Waals surface area contributed by atoms with Gasteiger partial charge >= 0.3 is 0 Å². The van der Waals surface area contributed by atoms with E-state index in [-0.39, 0.29) is 41.3 Å². The summed E-state index contributed by atoms with van der Waals surface area (Å²) in [5.74, 6) is -2.75. The molecule has 0 spiro atoms. The lowest BCUT2D eigenvalue weighted by Crippen LogP contribution is -2.48. The summed E-state index contributed by atoms with van der Waals surface area (Å²) in [4.78, 5) is 27.9. The number of aliphatic hydroxyl groups excluding tert-OH is 1. The van der Waals surface area contributed by atoms with Gasteiger partial charge in [-0.05, 0) is 59.9 Å². The van der Waals surface area contributed by atoms with E-state index >= 15 is 0 Å². The van der Waals surface area contributed by atoms with Crippen molar-refractivity contribution in [3.63, 3.8) is 0 Å². The topological polar surface area (TPSA) is 114 Å². The Morgan fingerprint density at radius 2 is 1.68 bits per heavy atom. The van der Waals surface area contributed by atoms with Gasteiger partial charge in [-0.3, -0.25) is 9.59 Å². The minimum Gasteiger partial charge on any atom is -0.507 e. The standard InChI is InChI=1S/C31H36F2N4O4/c1-2-20-4-3-5-21(12-20)18-35-19-29(39)27(15-22-13-24(32)17-25(33)14-22)36-30(40)23-6-7-28(38)26(16-23)31(41)37-10-8-34-9-11-37/h3-7,12-14,16-17,27,29,34-35,38-39H,2,8-11,15,18-19H2,1H3,(H,36,40)/t27-,29-/m0/s1. The second-order valence-electron chi connectivity index (χ2n) is 10.2. The fourth-order valence-electron chi connectivity index (χ4n) is 4.87. The highest BCUT2D eigenvalue weighted by Crippen LogP contribution is 2.21. The molecule has 2 amide bonds. The summed E-state index contributed by atoms with van der Waals surface area (Å²) < 4.78 is 27.8. The number of carbonyl (C=O) groups excluding carboxylic acids is 2. The number of amides is 2. The van der Waals surface area contributed by atoms with Gasteiger partial charge in [0, 0.05) is 50.9 Å². The van der Waals surface area contributed by atoms with Gasteiger partial charge in [-0.25, -0.2) is 8.78 Å². The molecule has 1 fully saturated rings. The Labute approximate surface area is 238 Å². The molecule has 0 aromatic heterocycles. The number of nitrogens with one attached hydrogen (secondary N) is 3. The van der Waals surface area contributed by atoms with Gasteiger partial charge in [-0.1, -0.05) is 31.2 Å². The normalized spacial score (nSPS) is 14.9. The molecule has 0 bridgehead atoms. The fourth-order valence-corrected chi connectivity index (χ4v) is 4.87. The van der Waals surface area contributed by atoms with Crippen molar-refractivity contribution in [2.45, 2.75) is 38.5 Å². The van der Waals surface area contributed by atoms with Gasteiger partial charge in [0.05, 0.1) is 17.7 Å². The van der Waals surface area contributed by atoms with E-state index in [2.05, 4.69) is 28.9 Å². The largest absolute Gasteiger partial charge is 0.507 e. The summed E-state index contributed by atoms with van der Waals surface area (Å²) in [5.41, 5.74) is 2.60. The second-order valence-corrected chi connectivity index (χ2v) is 10.2. The van der Waals surface area contributed by atoms with E-state index in [1.165, 1.54) is 23.8 Å². The molecule has 2 atom stereocenters. The third-order valence-electron chi connectivity index (χ3n) is 7.13. The Balaban J connectivity index is 1.49. The van der Waals surface area contributed by atoms with E-state index in [1.807, 2.05) is 18.2 Å². The number of hydrogen-bond acceptors (Lipinski definition) is 6. The van der Waals surface area contributed by atoms with Gasteiger partial charge in [0.25, 0.3) is 11.8 Å². The van der Waals surface area contributed by atoms with Gasteiger partial charge in [0.15, 0.2) is 0 Å². The first kappa shape index (κ1) is 30.1. The summed E-state index contributed by atoms with van der Waals surface area (Å²) in [6.07, 6.45) is -0.257. The zero-order valence-corrected chi connectivity index (χ0v) is 23.0. The Bertz CT molecular complexity index is 1340. The first-order valence-corrected chi connectivity index (χ1v) is 13.8. The lowest BCUT2D eigenvalue weighted by molar-refractivity contribution is 0.0732. The number of aromatic hydroxyl groups is 1. The highest BCUT2D eigenvalue weighted by molar-refractivity contribution is 6.01. The molecule has 10 heteroatoms. The van der Waals surface area contributed by atoms with Crippen LogP contribution in [0.4, 0.5) is 8.78 Å². The Hall–Kier alpha value is -3.86. The molecule has 4 rings (SSSR count). The van der Waals surface area contributed by atoms with Crippen molar-refractivity contribution in [1.82, 2.24) is 20.9 Å². The lowest BCUT2D eigenvalue weighted by atomic mass is 9.99. The van der Waals surface area contributed by atoms with Gasteiger partial charge in [0.1, 0.15) is 17.4 Å². The molecule has 0 unspecified atom stereocenters. The minimum atomic E-state index is -1.11. The molecular formula is C31H36F2N4O4. The SMILES string of the molecule is CCc1cccc(CNC[C@H](O)[C@H](Cc2cc(F)cc(F)c2)NC(=O)c2ccc(O)c(C(=O)N3CCNCC3)c2)c1. The number of aliphatic hydroxyl groups is 1. The highest BCUT2D eigenvalue weighted by Gasteiger charge is 2.25. The molecule has 1 heterocycles. The quantitative estimate of drug-likeness (QED) is 0.244. The van der Waals surface area contributed by atoms with E-state index < -0.39 is 29.7 Å². The molecule has 1 saturated heterocycles. The lowest BCUT2D eigenvalue weighted by Gasteiger charge is -2.28. The van der Waals surface area contributed by atoms with E-state index in [0.29, 0.717) is 32.7 Å². The van der Waals surface area contributed by atoms with Gasteiger partial charge in [0.2, 0.25) is 0 Å². The average Bonchev–Trinajstić information content (AvgIpc) is 2.96. The van der Waals surface area contributed by atoms with E-state index in [9.17, 15) is 28.6 Å². The molecule has 0 saturated carbocycles. The van der Waals surface area contributed by atoms with Crippen LogP contribution in [0.2, 0.25) is 0 Å².